The third kappa shape index (κ3) is 5.60. The monoisotopic (exact) mass is 311 g/mol. The molecule has 0 heterocycles. The first-order valence-corrected chi connectivity index (χ1v) is 7.48. The number of hydrogen-bond acceptors (Lipinski definition) is 3. The topological polar surface area (TPSA) is 58.6 Å². The van der Waals surface area contributed by atoms with Crippen LogP contribution in [0.3, 0.4) is 0 Å². The lowest BCUT2D eigenvalue weighted by molar-refractivity contribution is -0.117. The van der Waals surface area contributed by atoms with Gasteiger partial charge in [-0.05, 0) is 35.8 Å². The maximum absolute atomic E-state index is 12.0. The zero-order valence-corrected chi connectivity index (χ0v) is 13.1. The Morgan fingerprint density at radius 3 is 2.48 bits per heavy atom. The van der Waals surface area contributed by atoms with Crippen LogP contribution in [0.1, 0.15) is 11.1 Å². The second kappa shape index (κ2) is 8.76. The van der Waals surface area contributed by atoms with Crippen LogP contribution in [0.15, 0.2) is 60.7 Å². The summed E-state index contributed by atoms with van der Waals surface area (Å²) in [6.07, 6.45) is 3.79. The first-order valence-electron chi connectivity index (χ1n) is 7.48. The van der Waals surface area contributed by atoms with Crippen LogP contribution in [0.5, 0.6) is 5.75 Å². The van der Waals surface area contributed by atoms with Crippen LogP contribution >= 0.6 is 0 Å². The second-order valence-electron chi connectivity index (χ2n) is 5.18. The Labute approximate surface area is 136 Å². The van der Waals surface area contributed by atoms with E-state index in [1.807, 2.05) is 54.6 Å². The molecular weight excluding hydrogens is 290 g/mol. The summed E-state index contributed by atoms with van der Waals surface area (Å²) >= 11 is 0. The molecule has 0 bridgehead atoms. The lowest BCUT2D eigenvalue weighted by Crippen LogP contribution is -2.38. The van der Waals surface area contributed by atoms with E-state index in [2.05, 4.69) is 5.32 Å². The van der Waals surface area contributed by atoms with Gasteiger partial charge in [0.15, 0.2) is 0 Å². The SMILES string of the molecule is COc1ccc(C=CC(=O)NC(CO)Cc2ccccc2)cc1. The first kappa shape index (κ1) is 16.8. The average molecular weight is 311 g/mol. The molecule has 1 amide bonds. The first-order chi connectivity index (χ1) is 11.2. The lowest BCUT2D eigenvalue weighted by Gasteiger charge is -2.15. The predicted octanol–water partition coefficient (Wildman–Crippen LogP) is 2.43. The van der Waals surface area contributed by atoms with E-state index in [0.717, 1.165) is 16.9 Å². The Balaban J connectivity index is 1.89. The normalized spacial score (nSPS) is 12.1. The Bertz CT molecular complexity index is 635. The Morgan fingerprint density at radius 1 is 1.17 bits per heavy atom. The van der Waals surface area contributed by atoms with Crippen molar-refractivity contribution in [2.75, 3.05) is 13.7 Å². The Kier molecular flexibility index (Phi) is 6.39. The number of hydrogen-bond donors (Lipinski definition) is 2. The van der Waals surface area contributed by atoms with Crippen molar-refractivity contribution in [1.82, 2.24) is 5.32 Å². The molecule has 2 aromatic rings. The van der Waals surface area contributed by atoms with Gasteiger partial charge in [-0.15, -0.1) is 0 Å². The number of carbonyl (C=O) groups excluding carboxylic acids is 1. The number of amides is 1. The summed E-state index contributed by atoms with van der Waals surface area (Å²) in [6.45, 7) is -0.100. The average Bonchev–Trinajstić information content (AvgIpc) is 2.60. The maximum atomic E-state index is 12.0. The molecule has 0 aliphatic heterocycles. The fraction of sp³-hybridized carbons (Fsp3) is 0.211. The number of aliphatic hydroxyl groups excluding tert-OH is 1. The van der Waals surface area contributed by atoms with Gasteiger partial charge >= 0.3 is 0 Å². The molecule has 0 spiro atoms. The highest BCUT2D eigenvalue weighted by atomic mass is 16.5. The molecule has 0 fully saturated rings. The molecular formula is C19H21NO3. The molecule has 2 aromatic carbocycles. The fourth-order valence-corrected chi connectivity index (χ4v) is 2.20. The molecule has 23 heavy (non-hydrogen) atoms. The van der Waals surface area contributed by atoms with Gasteiger partial charge in [0.05, 0.1) is 19.8 Å². The highest BCUT2D eigenvalue weighted by molar-refractivity contribution is 5.91. The summed E-state index contributed by atoms with van der Waals surface area (Å²) < 4.78 is 5.09. The van der Waals surface area contributed by atoms with E-state index in [1.165, 1.54) is 6.08 Å². The van der Waals surface area contributed by atoms with Crippen LogP contribution in [0.4, 0.5) is 0 Å². The number of methoxy groups -OCH3 is 1. The van der Waals surface area contributed by atoms with Crippen molar-refractivity contribution in [3.63, 3.8) is 0 Å². The summed E-state index contributed by atoms with van der Waals surface area (Å²) in [6, 6.07) is 16.9. The quantitative estimate of drug-likeness (QED) is 0.772. The molecule has 0 saturated heterocycles. The van der Waals surface area contributed by atoms with Crippen LogP contribution in [0.2, 0.25) is 0 Å². The van der Waals surface area contributed by atoms with Crippen molar-refractivity contribution in [3.05, 3.63) is 71.8 Å². The summed E-state index contributed by atoms with van der Waals surface area (Å²) in [7, 11) is 1.61. The molecule has 0 radical (unpaired) electrons. The highest BCUT2D eigenvalue weighted by Gasteiger charge is 2.10. The van der Waals surface area contributed by atoms with E-state index >= 15 is 0 Å². The third-order valence-corrected chi connectivity index (χ3v) is 3.43. The van der Waals surface area contributed by atoms with Gasteiger partial charge in [-0.1, -0.05) is 42.5 Å². The van der Waals surface area contributed by atoms with Crippen LogP contribution < -0.4 is 10.1 Å². The smallest absolute Gasteiger partial charge is 0.244 e. The highest BCUT2D eigenvalue weighted by Crippen LogP contribution is 2.12. The number of ether oxygens (including phenoxy) is 1. The molecule has 4 nitrogen and oxygen atoms in total. The minimum absolute atomic E-state index is 0.100. The predicted molar refractivity (Wildman–Crippen MR) is 91.2 cm³/mol. The van der Waals surface area contributed by atoms with E-state index in [9.17, 15) is 9.90 Å². The standard InChI is InChI=1S/C19H21NO3/c1-23-18-10-7-15(8-11-18)9-12-19(22)20-17(14-21)13-16-5-3-2-4-6-16/h2-12,17,21H,13-14H2,1H3,(H,20,22). The molecule has 0 aliphatic carbocycles. The van der Waals surface area contributed by atoms with E-state index in [-0.39, 0.29) is 18.6 Å². The van der Waals surface area contributed by atoms with Gasteiger partial charge in [0.1, 0.15) is 5.75 Å². The summed E-state index contributed by atoms with van der Waals surface area (Å²) in [4.78, 5) is 12.0. The van der Waals surface area contributed by atoms with Gasteiger partial charge in [0.25, 0.3) is 0 Å². The Morgan fingerprint density at radius 2 is 1.87 bits per heavy atom. The molecule has 120 valence electrons. The van der Waals surface area contributed by atoms with Gasteiger partial charge < -0.3 is 15.2 Å². The van der Waals surface area contributed by atoms with Gasteiger partial charge in [0, 0.05) is 6.08 Å². The van der Waals surface area contributed by atoms with E-state index in [1.54, 1.807) is 13.2 Å². The molecule has 0 aromatic heterocycles. The molecule has 2 rings (SSSR count). The van der Waals surface area contributed by atoms with Gasteiger partial charge in [0.2, 0.25) is 5.91 Å². The summed E-state index contributed by atoms with van der Waals surface area (Å²) in [5.74, 6) is 0.547. The molecule has 1 unspecified atom stereocenters. The third-order valence-electron chi connectivity index (χ3n) is 3.43. The zero-order chi connectivity index (χ0) is 16.5. The molecule has 0 saturated carbocycles. The summed E-state index contributed by atoms with van der Waals surface area (Å²) in [5.41, 5.74) is 1.98. The number of carbonyl (C=O) groups is 1. The maximum Gasteiger partial charge on any atom is 0.244 e. The number of nitrogens with one attached hydrogen (secondary N) is 1. The molecule has 4 heteroatoms. The largest absolute Gasteiger partial charge is 0.497 e. The van der Waals surface area contributed by atoms with Crippen LogP contribution in [-0.4, -0.2) is 30.8 Å². The second-order valence-corrected chi connectivity index (χ2v) is 5.18. The van der Waals surface area contributed by atoms with E-state index in [4.69, 9.17) is 4.74 Å². The minimum Gasteiger partial charge on any atom is -0.497 e. The number of rotatable bonds is 7. The minimum atomic E-state index is -0.301. The molecule has 1 atom stereocenters. The van der Waals surface area contributed by atoms with Crippen LogP contribution in [0, 0.1) is 0 Å². The molecule has 0 aliphatic rings. The Hall–Kier alpha value is -2.59. The van der Waals surface area contributed by atoms with Crippen LogP contribution in [-0.2, 0) is 11.2 Å². The number of benzene rings is 2. The fourth-order valence-electron chi connectivity index (χ4n) is 2.20. The van der Waals surface area contributed by atoms with Crippen molar-refractivity contribution < 1.29 is 14.6 Å². The van der Waals surface area contributed by atoms with Gasteiger partial charge in [-0.2, -0.15) is 0 Å². The van der Waals surface area contributed by atoms with E-state index in [0.29, 0.717) is 6.42 Å². The molecule has 2 N–H and O–H groups in total. The van der Waals surface area contributed by atoms with Crippen molar-refractivity contribution in [1.29, 1.82) is 0 Å². The summed E-state index contributed by atoms with van der Waals surface area (Å²) in [5, 5.41) is 12.2. The van der Waals surface area contributed by atoms with Gasteiger partial charge in [-0.3, -0.25) is 4.79 Å². The van der Waals surface area contributed by atoms with Crippen molar-refractivity contribution in [3.8, 4) is 5.75 Å². The van der Waals surface area contributed by atoms with E-state index < -0.39 is 0 Å². The number of aliphatic hydroxyl groups is 1. The van der Waals surface area contributed by atoms with Crippen molar-refractivity contribution >= 4 is 12.0 Å². The van der Waals surface area contributed by atoms with Gasteiger partial charge in [-0.25, -0.2) is 0 Å². The van der Waals surface area contributed by atoms with Crippen LogP contribution in [0.25, 0.3) is 6.08 Å². The lowest BCUT2D eigenvalue weighted by atomic mass is 10.1. The zero-order valence-electron chi connectivity index (χ0n) is 13.1. The van der Waals surface area contributed by atoms with Crippen molar-refractivity contribution in [2.45, 2.75) is 12.5 Å². The van der Waals surface area contributed by atoms with Crippen molar-refractivity contribution in [2.24, 2.45) is 0 Å².